The fourth-order valence-electron chi connectivity index (χ4n) is 4.81. The molecule has 3 rings (SSSR count). The van der Waals surface area contributed by atoms with Gasteiger partial charge in [-0.1, -0.05) is 65.5 Å². The van der Waals surface area contributed by atoms with Crippen molar-refractivity contribution in [2.45, 2.75) is 82.7 Å². The number of fused-ring (bicyclic) bond motifs is 1. The van der Waals surface area contributed by atoms with Crippen molar-refractivity contribution in [1.29, 1.82) is 0 Å². The highest BCUT2D eigenvalue weighted by molar-refractivity contribution is 7.99. The predicted octanol–water partition coefficient (Wildman–Crippen LogP) is 10.2. The lowest BCUT2D eigenvalue weighted by atomic mass is 9.90. The van der Waals surface area contributed by atoms with Crippen molar-refractivity contribution >= 4 is 17.4 Å². The van der Waals surface area contributed by atoms with Crippen LogP contribution in [0.1, 0.15) is 75.6 Å². The van der Waals surface area contributed by atoms with E-state index in [1.165, 1.54) is 17.0 Å². The Hall–Kier alpha value is -2.55. The molecule has 1 aliphatic heterocycles. The maximum absolute atomic E-state index is 13.1. The number of rotatable bonds is 10. The number of nitrogens with one attached hydrogen (secondary N) is 1. The molecule has 2 aromatic carbocycles. The highest BCUT2D eigenvalue weighted by atomic mass is 32.2. The number of hydrogen-bond acceptors (Lipinski definition) is 3. The summed E-state index contributed by atoms with van der Waals surface area (Å²) in [4.78, 5) is 3.35. The van der Waals surface area contributed by atoms with Crippen LogP contribution in [-0.4, -0.2) is 23.0 Å². The number of hydrogen-bond donors (Lipinski definition) is 1. The molecule has 0 saturated carbocycles. The molecule has 9 heteroatoms. The van der Waals surface area contributed by atoms with E-state index in [4.69, 9.17) is 0 Å². The van der Waals surface area contributed by atoms with E-state index in [0.29, 0.717) is 17.9 Å². The first-order valence-electron chi connectivity index (χ1n) is 12.9. The topological polar surface area (TPSA) is 15.3 Å². The fourth-order valence-corrected chi connectivity index (χ4v) is 5.87. The van der Waals surface area contributed by atoms with Gasteiger partial charge in [-0.2, -0.15) is 26.3 Å². The molecule has 1 aliphatic rings. The van der Waals surface area contributed by atoms with Crippen LogP contribution in [0.4, 0.5) is 32.0 Å². The van der Waals surface area contributed by atoms with Gasteiger partial charge in [-0.05, 0) is 65.0 Å². The Morgan fingerprint density at radius 2 is 1.62 bits per heavy atom. The SMILES string of the molecule is C=C(Nc1ccc(C(C(F)(F)F)C(F)(F)F)cc1)C1c2ccc(SCCCC)cc2CN1C(=C)CC(C)(C)C. The molecule has 0 amide bonds. The molecule has 0 spiro atoms. The quantitative estimate of drug-likeness (QED) is 0.174. The van der Waals surface area contributed by atoms with Gasteiger partial charge in [-0.3, -0.25) is 0 Å². The molecule has 0 saturated heterocycles. The molecule has 0 aliphatic carbocycles. The molecule has 1 unspecified atom stereocenters. The number of anilines is 1. The molecule has 214 valence electrons. The van der Waals surface area contributed by atoms with E-state index >= 15 is 0 Å². The van der Waals surface area contributed by atoms with Crippen molar-refractivity contribution in [2.24, 2.45) is 5.41 Å². The first kappa shape index (κ1) is 31.0. The van der Waals surface area contributed by atoms with Crippen LogP contribution in [0.5, 0.6) is 0 Å². The van der Waals surface area contributed by atoms with Crippen molar-refractivity contribution in [3.05, 3.63) is 83.7 Å². The van der Waals surface area contributed by atoms with Crippen LogP contribution in [0.15, 0.2) is 71.9 Å². The summed E-state index contributed by atoms with van der Waals surface area (Å²) in [5.41, 5.74) is 3.18. The first-order chi connectivity index (χ1) is 18.0. The number of allylic oxidation sites excluding steroid dienone is 1. The average Bonchev–Trinajstić information content (AvgIpc) is 3.17. The summed E-state index contributed by atoms with van der Waals surface area (Å²) in [6.45, 7) is 17.7. The molecule has 39 heavy (non-hydrogen) atoms. The molecular formula is C30H36F6N2S. The van der Waals surface area contributed by atoms with Crippen molar-refractivity contribution in [3.63, 3.8) is 0 Å². The first-order valence-corrected chi connectivity index (χ1v) is 13.9. The van der Waals surface area contributed by atoms with Gasteiger partial charge in [0.25, 0.3) is 0 Å². The highest BCUT2D eigenvalue weighted by Gasteiger charge is 2.57. The fraction of sp³-hybridized carbons (Fsp3) is 0.467. The number of alkyl halides is 6. The van der Waals surface area contributed by atoms with E-state index in [1.54, 1.807) is 0 Å². The summed E-state index contributed by atoms with van der Waals surface area (Å²) in [5, 5.41) is 3.13. The number of unbranched alkanes of at least 4 members (excludes halogenated alkanes) is 1. The molecule has 1 atom stereocenters. The molecule has 0 radical (unpaired) electrons. The molecule has 0 bridgehead atoms. The molecule has 0 fully saturated rings. The second kappa shape index (κ2) is 11.9. The van der Waals surface area contributed by atoms with Crippen molar-refractivity contribution in [2.75, 3.05) is 11.1 Å². The Morgan fingerprint density at radius 1 is 1.00 bits per heavy atom. The zero-order valence-corrected chi connectivity index (χ0v) is 23.6. The summed E-state index contributed by atoms with van der Waals surface area (Å²) in [5.74, 6) is -2.50. The number of nitrogens with zero attached hydrogens (tertiary/aromatic N) is 1. The zero-order chi connectivity index (χ0) is 29.2. The Morgan fingerprint density at radius 3 is 2.15 bits per heavy atom. The van der Waals surface area contributed by atoms with Gasteiger partial charge >= 0.3 is 12.4 Å². The van der Waals surface area contributed by atoms with E-state index < -0.39 is 23.8 Å². The van der Waals surface area contributed by atoms with E-state index in [0.717, 1.165) is 54.0 Å². The van der Waals surface area contributed by atoms with Gasteiger partial charge < -0.3 is 10.2 Å². The molecule has 2 aromatic rings. The largest absolute Gasteiger partial charge is 0.404 e. The van der Waals surface area contributed by atoms with Crippen LogP contribution in [0.25, 0.3) is 0 Å². The molecule has 2 nitrogen and oxygen atoms in total. The normalized spacial score (nSPS) is 16.0. The third kappa shape index (κ3) is 7.99. The van der Waals surface area contributed by atoms with Crippen molar-refractivity contribution in [3.8, 4) is 0 Å². The molecule has 1 heterocycles. The van der Waals surface area contributed by atoms with Gasteiger partial charge in [0.1, 0.15) is 0 Å². The van der Waals surface area contributed by atoms with E-state index in [-0.39, 0.29) is 11.5 Å². The maximum Gasteiger partial charge on any atom is 0.404 e. The third-order valence-electron chi connectivity index (χ3n) is 6.50. The molecule has 1 N–H and O–H groups in total. The van der Waals surface area contributed by atoms with Crippen LogP contribution in [0, 0.1) is 5.41 Å². The van der Waals surface area contributed by atoms with Crippen LogP contribution in [0.2, 0.25) is 0 Å². The lowest BCUT2D eigenvalue weighted by molar-refractivity contribution is -0.253. The lowest BCUT2D eigenvalue weighted by Crippen LogP contribution is -2.34. The summed E-state index contributed by atoms with van der Waals surface area (Å²) < 4.78 is 78.9. The Labute approximate surface area is 231 Å². The average molecular weight is 571 g/mol. The van der Waals surface area contributed by atoms with Gasteiger partial charge in [0.15, 0.2) is 5.92 Å². The smallest absolute Gasteiger partial charge is 0.358 e. The van der Waals surface area contributed by atoms with E-state index in [2.05, 4.69) is 69.3 Å². The monoisotopic (exact) mass is 570 g/mol. The maximum atomic E-state index is 13.1. The zero-order valence-electron chi connectivity index (χ0n) is 22.8. The van der Waals surface area contributed by atoms with E-state index in [9.17, 15) is 26.3 Å². The van der Waals surface area contributed by atoms with E-state index in [1.807, 2.05) is 11.8 Å². The minimum Gasteiger partial charge on any atom is -0.358 e. The molecular weight excluding hydrogens is 534 g/mol. The van der Waals surface area contributed by atoms with Crippen LogP contribution in [0.3, 0.4) is 0 Å². The Balaban J connectivity index is 1.87. The number of thioether (sulfide) groups is 1. The summed E-state index contributed by atoms with van der Waals surface area (Å²) in [7, 11) is 0. The van der Waals surface area contributed by atoms with Gasteiger partial charge in [0, 0.05) is 28.5 Å². The van der Waals surface area contributed by atoms with Crippen molar-refractivity contribution < 1.29 is 26.3 Å². The number of halogens is 6. The van der Waals surface area contributed by atoms with Crippen LogP contribution >= 0.6 is 11.8 Å². The summed E-state index contributed by atoms with van der Waals surface area (Å²) in [6, 6.07) is 10.2. The van der Waals surface area contributed by atoms with Gasteiger partial charge in [0.2, 0.25) is 0 Å². The Kier molecular flexibility index (Phi) is 9.46. The minimum absolute atomic E-state index is 0.00429. The second-order valence-corrected chi connectivity index (χ2v) is 12.4. The van der Waals surface area contributed by atoms with Crippen LogP contribution < -0.4 is 5.32 Å². The predicted molar refractivity (Wildman–Crippen MR) is 148 cm³/mol. The summed E-state index contributed by atoms with van der Waals surface area (Å²) >= 11 is 1.81. The second-order valence-electron chi connectivity index (χ2n) is 11.2. The van der Waals surface area contributed by atoms with Gasteiger partial charge in [-0.15, -0.1) is 11.8 Å². The highest BCUT2D eigenvalue weighted by Crippen LogP contribution is 2.47. The number of benzene rings is 2. The van der Waals surface area contributed by atoms with Crippen LogP contribution in [-0.2, 0) is 6.54 Å². The van der Waals surface area contributed by atoms with Gasteiger partial charge in [0.05, 0.1) is 6.04 Å². The lowest BCUT2D eigenvalue weighted by Gasteiger charge is -2.34. The van der Waals surface area contributed by atoms with Gasteiger partial charge in [-0.25, -0.2) is 0 Å². The Bertz CT molecular complexity index is 1150. The third-order valence-corrected chi connectivity index (χ3v) is 7.58. The minimum atomic E-state index is -5.44. The van der Waals surface area contributed by atoms with Crippen molar-refractivity contribution in [1.82, 2.24) is 4.90 Å². The summed E-state index contributed by atoms with van der Waals surface area (Å²) in [6.07, 6.45) is -7.88. The molecule has 0 aromatic heterocycles. The standard InChI is InChI=1S/C30H36F6N2S/c1-7-8-15-39-24-13-14-25-22(16-24)18-38(19(2)17-28(4,5)6)26(25)20(3)37-23-11-9-21(10-12-23)27(29(31,32)33)30(34,35)36/h9-14,16,26-27,37H,2-3,7-8,15,17-18H2,1,4-6H3.